The van der Waals surface area contributed by atoms with Crippen molar-refractivity contribution in [1.82, 2.24) is 30.4 Å². The van der Waals surface area contributed by atoms with E-state index in [9.17, 15) is 9.90 Å². The van der Waals surface area contributed by atoms with Crippen molar-refractivity contribution in [3.63, 3.8) is 0 Å². The lowest BCUT2D eigenvalue weighted by molar-refractivity contribution is 0.0696. The van der Waals surface area contributed by atoms with E-state index in [1.54, 1.807) is 31.5 Å². The summed E-state index contributed by atoms with van der Waals surface area (Å²) in [4.78, 5) is 20.7. The number of nitrogens with zero attached hydrogens (tertiary/aromatic N) is 4. The van der Waals surface area contributed by atoms with Crippen LogP contribution in [0.15, 0.2) is 48.8 Å². The molecule has 0 unspecified atom stereocenters. The molecule has 0 spiro atoms. The molecule has 3 aromatic heterocycles. The van der Waals surface area contributed by atoms with Gasteiger partial charge in [-0.1, -0.05) is 12.1 Å². The zero-order chi connectivity index (χ0) is 20.0. The minimum absolute atomic E-state index is 0.220. The first kappa shape index (κ1) is 16.9. The second kappa shape index (κ2) is 6.41. The molecule has 0 bridgehead atoms. The van der Waals surface area contributed by atoms with E-state index in [0.717, 1.165) is 16.6 Å². The summed E-state index contributed by atoms with van der Waals surface area (Å²) < 4.78 is 0. The van der Waals surface area contributed by atoms with Gasteiger partial charge in [-0.15, -0.1) is 0 Å². The zero-order valence-corrected chi connectivity index (χ0v) is 15.3. The van der Waals surface area contributed by atoms with Crippen LogP contribution in [0, 0.1) is 6.92 Å². The molecule has 0 aliphatic heterocycles. The predicted octanol–water partition coefficient (Wildman–Crippen LogP) is 3.65. The van der Waals surface area contributed by atoms with Crippen LogP contribution in [0.5, 0.6) is 0 Å². The van der Waals surface area contributed by atoms with Gasteiger partial charge in [-0.05, 0) is 36.8 Å². The van der Waals surface area contributed by atoms with Crippen LogP contribution in [0.3, 0.4) is 0 Å². The highest BCUT2D eigenvalue weighted by Crippen LogP contribution is 2.29. The van der Waals surface area contributed by atoms with Crippen molar-refractivity contribution in [3.8, 4) is 11.4 Å². The third kappa shape index (κ3) is 2.85. The number of aromatic amines is 2. The molecule has 0 saturated heterocycles. The van der Waals surface area contributed by atoms with Crippen molar-refractivity contribution in [2.45, 2.75) is 6.92 Å². The van der Waals surface area contributed by atoms with Gasteiger partial charge in [-0.2, -0.15) is 10.2 Å². The van der Waals surface area contributed by atoms with Gasteiger partial charge in [0.15, 0.2) is 11.6 Å². The Bertz CT molecular complexity index is 1390. The molecule has 9 heteroatoms. The van der Waals surface area contributed by atoms with Gasteiger partial charge in [0.1, 0.15) is 11.0 Å². The Labute approximate surface area is 163 Å². The van der Waals surface area contributed by atoms with Crippen molar-refractivity contribution in [2.75, 3.05) is 5.32 Å². The fourth-order valence-corrected chi connectivity index (χ4v) is 3.31. The van der Waals surface area contributed by atoms with Gasteiger partial charge in [0.25, 0.3) is 0 Å². The lowest BCUT2D eigenvalue weighted by Gasteiger charge is -2.11. The molecule has 0 atom stereocenters. The number of carboxylic acids is 1. The Balaban J connectivity index is 1.64. The Kier molecular flexibility index (Phi) is 3.73. The summed E-state index contributed by atoms with van der Waals surface area (Å²) >= 11 is 0. The Morgan fingerprint density at radius 1 is 1.07 bits per heavy atom. The number of anilines is 2. The molecule has 0 fully saturated rings. The van der Waals surface area contributed by atoms with Crippen molar-refractivity contribution in [1.29, 1.82) is 0 Å². The third-order valence-corrected chi connectivity index (χ3v) is 4.81. The average molecular weight is 385 g/mol. The molecule has 142 valence electrons. The molecule has 4 N–H and O–H groups in total. The summed E-state index contributed by atoms with van der Waals surface area (Å²) in [5.74, 6) is -0.0222. The van der Waals surface area contributed by atoms with Crippen molar-refractivity contribution < 1.29 is 9.90 Å². The van der Waals surface area contributed by atoms with Gasteiger partial charge >= 0.3 is 5.97 Å². The number of fused-ring (bicyclic) bond motifs is 2. The number of hydrogen-bond acceptors (Lipinski definition) is 6. The fraction of sp³-hybridized carbons (Fsp3) is 0.0500. The Morgan fingerprint density at radius 3 is 2.79 bits per heavy atom. The Morgan fingerprint density at radius 2 is 1.93 bits per heavy atom. The highest BCUT2D eigenvalue weighted by molar-refractivity contribution is 5.93. The molecular weight excluding hydrogens is 370 g/mol. The summed E-state index contributed by atoms with van der Waals surface area (Å²) in [6.07, 6.45) is 3.37. The second-order valence-electron chi connectivity index (χ2n) is 6.61. The van der Waals surface area contributed by atoms with Crippen molar-refractivity contribution in [3.05, 3.63) is 59.9 Å². The first-order chi connectivity index (χ1) is 14.1. The first-order valence-corrected chi connectivity index (χ1v) is 8.85. The van der Waals surface area contributed by atoms with E-state index in [0.29, 0.717) is 33.8 Å². The number of hydrogen-bond donors (Lipinski definition) is 4. The van der Waals surface area contributed by atoms with Crippen LogP contribution in [-0.2, 0) is 0 Å². The summed E-state index contributed by atoms with van der Waals surface area (Å²) in [5.41, 5.74) is 4.48. The van der Waals surface area contributed by atoms with Crippen LogP contribution in [0.25, 0.3) is 33.3 Å². The number of carboxylic acid groups (broad SMARTS) is 1. The van der Waals surface area contributed by atoms with Gasteiger partial charge in [0.05, 0.1) is 23.5 Å². The topological polar surface area (TPSA) is 132 Å². The first-order valence-electron chi connectivity index (χ1n) is 8.85. The van der Waals surface area contributed by atoms with Crippen molar-refractivity contribution >= 4 is 39.4 Å². The van der Waals surface area contributed by atoms with Crippen LogP contribution >= 0.6 is 0 Å². The highest BCUT2D eigenvalue weighted by atomic mass is 16.4. The molecule has 0 saturated carbocycles. The summed E-state index contributed by atoms with van der Waals surface area (Å²) in [6.45, 7) is 1.75. The van der Waals surface area contributed by atoms with E-state index in [1.807, 2.05) is 24.3 Å². The molecule has 5 rings (SSSR count). The summed E-state index contributed by atoms with van der Waals surface area (Å²) in [7, 11) is 0. The number of rotatable bonds is 4. The molecule has 29 heavy (non-hydrogen) atoms. The lowest BCUT2D eigenvalue weighted by Crippen LogP contribution is -2.03. The maximum Gasteiger partial charge on any atom is 0.335 e. The summed E-state index contributed by atoms with van der Waals surface area (Å²) in [5, 5.41) is 27.7. The molecule has 0 amide bonds. The second-order valence-corrected chi connectivity index (χ2v) is 6.61. The van der Waals surface area contributed by atoms with E-state index in [4.69, 9.17) is 0 Å². The number of H-pyrrole nitrogens is 2. The van der Waals surface area contributed by atoms with Gasteiger partial charge in [-0.25, -0.2) is 14.8 Å². The number of aromatic nitrogens is 6. The van der Waals surface area contributed by atoms with Crippen molar-refractivity contribution in [2.24, 2.45) is 0 Å². The molecule has 0 radical (unpaired) electrons. The minimum Gasteiger partial charge on any atom is -0.478 e. The molecular formula is C20H15N7O2. The van der Waals surface area contributed by atoms with Crippen LogP contribution in [0.1, 0.15) is 15.9 Å². The highest BCUT2D eigenvalue weighted by Gasteiger charge is 2.16. The number of aromatic carboxylic acids is 1. The van der Waals surface area contributed by atoms with Gasteiger partial charge in [-0.3, -0.25) is 10.2 Å². The normalized spacial score (nSPS) is 11.2. The number of nitrogens with one attached hydrogen (secondary N) is 3. The standard InChI is InChI=1S/C20H15N7O2/c1-10-13(3-2-4-14(10)20(28)29)18-24-16-9-22-27-17(16)19(25-18)23-12-6-5-11-8-21-26-15(11)7-12/h2-9H,1H3,(H,21,26)(H,22,27)(H,28,29)(H,23,24,25). The van der Waals surface area contributed by atoms with E-state index in [2.05, 4.69) is 35.7 Å². The van der Waals surface area contributed by atoms with Crippen LogP contribution < -0.4 is 5.32 Å². The monoisotopic (exact) mass is 385 g/mol. The Hall–Kier alpha value is -4.27. The van der Waals surface area contributed by atoms with E-state index >= 15 is 0 Å². The van der Waals surface area contributed by atoms with E-state index in [1.165, 1.54) is 0 Å². The summed E-state index contributed by atoms with van der Waals surface area (Å²) in [6, 6.07) is 10.9. The minimum atomic E-state index is -0.986. The molecule has 5 aromatic rings. The van der Waals surface area contributed by atoms with Crippen LogP contribution in [-0.4, -0.2) is 41.4 Å². The molecule has 0 aliphatic carbocycles. The zero-order valence-electron chi connectivity index (χ0n) is 15.3. The van der Waals surface area contributed by atoms with Gasteiger partial charge in [0.2, 0.25) is 0 Å². The quantitative estimate of drug-likeness (QED) is 0.371. The molecule has 3 heterocycles. The fourth-order valence-electron chi connectivity index (χ4n) is 3.31. The predicted molar refractivity (Wildman–Crippen MR) is 108 cm³/mol. The van der Waals surface area contributed by atoms with Gasteiger partial charge in [0, 0.05) is 16.6 Å². The average Bonchev–Trinajstić information content (AvgIpc) is 3.36. The molecule has 9 nitrogen and oxygen atoms in total. The van der Waals surface area contributed by atoms with Crippen LogP contribution in [0.2, 0.25) is 0 Å². The molecule has 0 aliphatic rings. The lowest BCUT2D eigenvalue weighted by atomic mass is 10.0. The van der Waals surface area contributed by atoms with E-state index < -0.39 is 5.97 Å². The largest absolute Gasteiger partial charge is 0.478 e. The number of benzene rings is 2. The van der Waals surface area contributed by atoms with Crippen LogP contribution in [0.4, 0.5) is 11.5 Å². The van der Waals surface area contributed by atoms with E-state index in [-0.39, 0.29) is 5.56 Å². The number of carbonyl (C=O) groups is 1. The maximum absolute atomic E-state index is 11.5. The smallest absolute Gasteiger partial charge is 0.335 e. The SMILES string of the molecule is Cc1c(C(=O)O)cccc1-c1nc(Nc2ccc3cn[nH]c3c2)c2[nH]ncc2n1. The van der Waals surface area contributed by atoms with Gasteiger partial charge < -0.3 is 10.4 Å². The third-order valence-electron chi connectivity index (χ3n) is 4.81. The maximum atomic E-state index is 11.5. The molecule has 2 aromatic carbocycles.